The number of benzene rings is 1. The first kappa shape index (κ1) is 34.2. The van der Waals surface area contributed by atoms with E-state index in [1.54, 1.807) is 11.9 Å². The lowest BCUT2D eigenvalue weighted by Crippen LogP contribution is -2.43. The molecule has 4 rings (SSSR count). The second-order valence-electron chi connectivity index (χ2n) is 10.9. The SMILES string of the molecule is C=C(NC(C)CN)C1CCCCC1.C=CCCCNc1ccc(SN2CCN(c3cc(C(F)F)cc(Cl)n3)CC2)cc1. The summed E-state index contributed by atoms with van der Waals surface area (Å²) in [7, 11) is 0. The Morgan fingerprint density at radius 1 is 1.14 bits per heavy atom. The number of piperazine rings is 1. The van der Waals surface area contributed by atoms with Crippen LogP contribution in [0.1, 0.15) is 63.9 Å². The van der Waals surface area contributed by atoms with Crippen molar-refractivity contribution in [2.45, 2.75) is 69.2 Å². The van der Waals surface area contributed by atoms with Crippen LogP contribution in [0.3, 0.4) is 0 Å². The summed E-state index contributed by atoms with van der Waals surface area (Å²) >= 11 is 7.63. The number of pyridine rings is 1. The Bertz CT molecular complexity index is 1090. The van der Waals surface area contributed by atoms with E-state index in [9.17, 15) is 8.78 Å². The van der Waals surface area contributed by atoms with Gasteiger partial charge in [-0.25, -0.2) is 18.1 Å². The number of aromatic nitrogens is 1. The van der Waals surface area contributed by atoms with E-state index in [-0.39, 0.29) is 10.7 Å². The first-order valence-corrected chi connectivity index (χ1v) is 16.2. The number of allylic oxidation sites excluding steroid dienone is 2. The molecule has 6 nitrogen and oxygen atoms in total. The van der Waals surface area contributed by atoms with Crippen LogP contribution in [0.15, 0.2) is 66.2 Å². The lowest BCUT2D eigenvalue weighted by atomic mass is 9.87. The Morgan fingerprint density at radius 2 is 1.83 bits per heavy atom. The van der Waals surface area contributed by atoms with Crippen LogP contribution >= 0.6 is 23.5 Å². The van der Waals surface area contributed by atoms with Gasteiger partial charge in [-0.3, -0.25) is 0 Å². The summed E-state index contributed by atoms with van der Waals surface area (Å²) in [5, 5.41) is 6.89. The number of unbranched alkanes of at least 4 members (excludes halogenated alkanes) is 1. The van der Waals surface area contributed by atoms with E-state index < -0.39 is 6.43 Å². The Hall–Kier alpha value is -2.33. The maximum Gasteiger partial charge on any atom is 0.264 e. The summed E-state index contributed by atoms with van der Waals surface area (Å²) in [6, 6.07) is 11.4. The van der Waals surface area contributed by atoms with Crippen LogP contribution in [0.2, 0.25) is 5.15 Å². The van der Waals surface area contributed by atoms with Gasteiger partial charge in [0.1, 0.15) is 11.0 Å². The molecule has 1 aromatic carbocycles. The van der Waals surface area contributed by atoms with Crippen molar-refractivity contribution >= 4 is 35.1 Å². The van der Waals surface area contributed by atoms with Crippen molar-refractivity contribution in [3.63, 3.8) is 0 Å². The molecule has 1 aromatic heterocycles. The molecular weight excluding hydrogens is 574 g/mol. The third kappa shape index (κ3) is 11.7. The Kier molecular flexibility index (Phi) is 14.9. The van der Waals surface area contributed by atoms with E-state index in [0.717, 1.165) is 38.2 Å². The number of hydrogen-bond acceptors (Lipinski definition) is 7. The van der Waals surface area contributed by atoms with Crippen molar-refractivity contribution in [1.82, 2.24) is 14.6 Å². The minimum atomic E-state index is -2.55. The van der Waals surface area contributed by atoms with E-state index in [4.69, 9.17) is 17.3 Å². The monoisotopic (exact) mass is 620 g/mol. The molecule has 2 aromatic rings. The fourth-order valence-electron chi connectivity index (χ4n) is 5.00. The van der Waals surface area contributed by atoms with Gasteiger partial charge in [-0.2, -0.15) is 0 Å². The van der Waals surface area contributed by atoms with Crippen molar-refractivity contribution in [2.75, 3.05) is 49.5 Å². The lowest BCUT2D eigenvalue weighted by molar-refractivity contribution is 0.151. The lowest BCUT2D eigenvalue weighted by Gasteiger charge is -2.34. The second-order valence-corrected chi connectivity index (χ2v) is 12.5. The van der Waals surface area contributed by atoms with Gasteiger partial charge in [-0.1, -0.05) is 43.5 Å². The molecule has 0 radical (unpaired) electrons. The number of nitrogens with zero attached hydrogens (tertiary/aromatic N) is 3. The standard InChI is InChI=1S/C21H25ClF2N4S.C11H22N2/c1-2-3-4-9-25-17-5-7-18(8-6-17)29-28-12-10-27(11-13-28)20-15-16(21(23)24)14-19(22)26-20;1-9(8-12)13-10(2)11-6-4-3-5-7-11/h2,5-8,14-15,21,25H,1,3-4,9-13H2;9,11,13H,2-8,12H2,1H3. The number of rotatable bonds is 13. The first-order valence-electron chi connectivity index (χ1n) is 15.0. The molecule has 4 N–H and O–H groups in total. The average molecular weight is 621 g/mol. The van der Waals surface area contributed by atoms with Crippen LogP contribution in [0.5, 0.6) is 0 Å². The molecule has 0 spiro atoms. The van der Waals surface area contributed by atoms with Crippen molar-refractivity contribution in [1.29, 1.82) is 0 Å². The first-order chi connectivity index (χ1) is 20.3. The molecule has 232 valence electrons. The van der Waals surface area contributed by atoms with E-state index in [2.05, 4.69) is 64.3 Å². The van der Waals surface area contributed by atoms with Crippen LogP contribution in [0.25, 0.3) is 0 Å². The van der Waals surface area contributed by atoms with Crippen LogP contribution in [0.4, 0.5) is 20.3 Å². The summed E-state index contributed by atoms with van der Waals surface area (Å²) < 4.78 is 28.3. The van der Waals surface area contributed by atoms with Gasteiger partial charge in [0.2, 0.25) is 0 Å². The molecule has 2 aliphatic rings. The summed E-state index contributed by atoms with van der Waals surface area (Å²) in [4.78, 5) is 7.40. The number of nitrogens with two attached hydrogens (primary N) is 1. The molecule has 2 fully saturated rings. The minimum Gasteiger partial charge on any atom is -0.385 e. The second kappa shape index (κ2) is 18.4. The highest BCUT2D eigenvalue weighted by atomic mass is 35.5. The zero-order valence-electron chi connectivity index (χ0n) is 24.8. The molecule has 10 heteroatoms. The highest BCUT2D eigenvalue weighted by Crippen LogP contribution is 2.30. The van der Waals surface area contributed by atoms with Gasteiger partial charge in [0, 0.05) is 67.2 Å². The molecule has 2 heterocycles. The summed E-state index contributed by atoms with van der Waals surface area (Å²) in [6.45, 7) is 14.6. The van der Waals surface area contributed by atoms with E-state index >= 15 is 0 Å². The fourth-order valence-corrected chi connectivity index (χ4v) is 6.12. The number of nitrogens with one attached hydrogen (secondary N) is 2. The molecular formula is C32H47ClF2N6S. The van der Waals surface area contributed by atoms with E-state index in [1.807, 2.05) is 11.0 Å². The minimum absolute atomic E-state index is 0.0880. The predicted octanol–water partition coefficient (Wildman–Crippen LogP) is 7.90. The average Bonchev–Trinajstić information content (AvgIpc) is 3.01. The molecule has 1 saturated heterocycles. The van der Waals surface area contributed by atoms with E-state index in [0.29, 0.717) is 37.4 Å². The molecule has 42 heavy (non-hydrogen) atoms. The summed E-state index contributed by atoms with van der Waals surface area (Å²) in [6.07, 6.45) is 8.21. The highest BCUT2D eigenvalue weighted by molar-refractivity contribution is 7.97. The maximum absolute atomic E-state index is 13.0. The molecule has 1 saturated carbocycles. The molecule has 1 unspecified atom stereocenters. The van der Waals surface area contributed by atoms with Gasteiger partial charge >= 0.3 is 0 Å². The zero-order valence-corrected chi connectivity index (χ0v) is 26.4. The maximum atomic E-state index is 13.0. The number of hydrogen-bond donors (Lipinski definition) is 3. The number of alkyl halides is 2. The van der Waals surface area contributed by atoms with Crippen molar-refractivity contribution in [3.05, 3.63) is 72.0 Å². The van der Waals surface area contributed by atoms with Crippen molar-refractivity contribution in [2.24, 2.45) is 11.7 Å². The van der Waals surface area contributed by atoms with Crippen LogP contribution in [-0.2, 0) is 0 Å². The molecule has 0 bridgehead atoms. The molecule has 0 amide bonds. The van der Waals surface area contributed by atoms with Gasteiger partial charge in [-0.05, 0) is 86.9 Å². The van der Waals surface area contributed by atoms with Crippen LogP contribution < -0.4 is 21.3 Å². The van der Waals surface area contributed by atoms with Crippen LogP contribution in [0, 0.1) is 5.92 Å². The normalized spacial score (nSPS) is 16.9. The summed E-state index contributed by atoms with van der Waals surface area (Å²) in [5.74, 6) is 1.21. The molecule has 1 atom stereocenters. The Labute approximate surface area is 260 Å². The number of halogens is 3. The van der Waals surface area contributed by atoms with E-state index in [1.165, 1.54) is 54.8 Å². The van der Waals surface area contributed by atoms with Crippen molar-refractivity contribution < 1.29 is 8.78 Å². The van der Waals surface area contributed by atoms with Crippen molar-refractivity contribution in [3.8, 4) is 0 Å². The largest absolute Gasteiger partial charge is 0.385 e. The number of anilines is 2. The molecule has 1 aliphatic carbocycles. The molecule has 1 aliphatic heterocycles. The Morgan fingerprint density at radius 3 is 2.45 bits per heavy atom. The van der Waals surface area contributed by atoms with Gasteiger partial charge in [0.25, 0.3) is 6.43 Å². The quantitative estimate of drug-likeness (QED) is 0.0910. The smallest absolute Gasteiger partial charge is 0.264 e. The van der Waals surface area contributed by atoms with Gasteiger partial charge in [-0.15, -0.1) is 6.58 Å². The van der Waals surface area contributed by atoms with Gasteiger partial charge < -0.3 is 21.3 Å². The van der Waals surface area contributed by atoms with Crippen LogP contribution in [-0.4, -0.2) is 54.6 Å². The predicted molar refractivity (Wildman–Crippen MR) is 176 cm³/mol. The Balaban J connectivity index is 0.000000312. The fraction of sp³-hybridized carbons (Fsp3) is 0.531. The zero-order chi connectivity index (χ0) is 30.3. The third-order valence-electron chi connectivity index (χ3n) is 7.50. The third-order valence-corrected chi connectivity index (χ3v) is 8.80. The highest BCUT2D eigenvalue weighted by Gasteiger charge is 2.21. The van der Waals surface area contributed by atoms with Gasteiger partial charge in [0.15, 0.2) is 0 Å². The topological polar surface area (TPSA) is 69.5 Å². The summed E-state index contributed by atoms with van der Waals surface area (Å²) in [5.41, 5.74) is 7.78. The van der Waals surface area contributed by atoms with Gasteiger partial charge in [0.05, 0.1) is 0 Å².